The number of hydrogen-bond acceptors (Lipinski definition) is 4. The molecule has 0 aliphatic rings. The van der Waals surface area contributed by atoms with Crippen LogP contribution in [-0.2, 0) is 4.74 Å². The number of rotatable bonds is 6. The molecule has 4 rings (SSSR count). The van der Waals surface area contributed by atoms with Gasteiger partial charge in [0.2, 0.25) is 0 Å². The molecule has 2 aromatic carbocycles. The maximum absolute atomic E-state index is 5.09. The lowest BCUT2D eigenvalue weighted by atomic mass is 10.0. The van der Waals surface area contributed by atoms with Crippen LogP contribution in [0.4, 0.5) is 5.13 Å². The van der Waals surface area contributed by atoms with Crippen molar-refractivity contribution >= 4 is 27.4 Å². The van der Waals surface area contributed by atoms with Crippen molar-refractivity contribution in [1.29, 1.82) is 0 Å². The Bertz CT molecular complexity index is 975. The SMILES string of the molecule is COCCNc1nc(-c2c(-c3ccccc3)[nH]c3ccccc23)cs1. The molecule has 0 saturated heterocycles. The number of methoxy groups -OCH3 is 1. The Morgan fingerprint density at radius 3 is 2.72 bits per heavy atom. The molecule has 0 amide bonds. The molecule has 2 aromatic heterocycles. The van der Waals surface area contributed by atoms with Gasteiger partial charge >= 0.3 is 0 Å². The summed E-state index contributed by atoms with van der Waals surface area (Å²) in [5.74, 6) is 0. The van der Waals surface area contributed by atoms with Gasteiger partial charge in [-0.2, -0.15) is 0 Å². The number of aromatic amines is 1. The molecule has 2 N–H and O–H groups in total. The highest BCUT2D eigenvalue weighted by molar-refractivity contribution is 7.14. The van der Waals surface area contributed by atoms with E-state index in [1.54, 1.807) is 18.4 Å². The minimum Gasteiger partial charge on any atom is -0.383 e. The Morgan fingerprint density at radius 2 is 1.88 bits per heavy atom. The zero-order chi connectivity index (χ0) is 17.1. The molecule has 2 heterocycles. The lowest BCUT2D eigenvalue weighted by molar-refractivity contribution is 0.211. The zero-order valence-corrected chi connectivity index (χ0v) is 14.8. The Balaban J connectivity index is 1.80. The number of H-pyrrole nitrogens is 1. The number of ether oxygens (including phenoxy) is 1. The van der Waals surface area contributed by atoms with Gasteiger partial charge in [0, 0.05) is 35.5 Å². The lowest BCUT2D eigenvalue weighted by Crippen LogP contribution is -2.07. The summed E-state index contributed by atoms with van der Waals surface area (Å²) in [6.07, 6.45) is 0. The highest BCUT2D eigenvalue weighted by Gasteiger charge is 2.17. The van der Waals surface area contributed by atoms with Crippen LogP contribution >= 0.6 is 11.3 Å². The quantitative estimate of drug-likeness (QED) is 0.481. The normalized spacial score (nSPS) is 11.1. The van der Waals surface area contributed by atoms with E-state index in [1.807, 2.05) is 6.07 Å². The second-order valence-electron chi connectivity index (χ2n) is 5.74. The summed E-state index contributed by atoms with van der Waals surface area (Å²) in [7, 11) is 1.70. The van der Waals surface area contributed by atoms with E-state index in [0.29, 0.717) is 6.61 Å². The van der Waals surface area contributed by atoms with E-state index in [-0.39, 0.29) is 0 Å². The maximum Gasteiger partial charge on any atom is 0.183 e. The number of nitrogens with zero attached hydrogens (tertiary/aromatic N) is 1. The smallest absolute Gasteiger partial charge is 0.183 e. The summed E-state index contributed by atoms with van der Waals surface area (Å²) in [5, 5.41) is 7.52. The molecule has 5 heteroatoms. The summed E-state index contributed by atoms with van der Waals surface area (Å²) in [6, 6.07) is 18.8. The molecular formula is C20H19N3OS. The molecule has 0 aliphatic carbocycles. The average Bonchev–Trinajstić information content (AvgIpc) is 3.27. The molecule has 0 spiro atoms. The molecule has 0 aliphatic heterocycles. The molecule has 0 saturated carbocycles. The van der Waals surface area contributed by atoms with Gasteiger partial charge in [-0.1, -0.05) is 48.5 Å². The van der Waals surface area contributed by atoms with Crippen molar-refractivity contribution in [2.45, 2.75) is 0 Å². The number of aromatic nitrogens is 2. The minimum atomic E-state index is 0.664. The van der Waals surface area contributed by atoms with Crippen LogP contribution in [0.25, 0.3) is 33.4 Å². The van der Waals surface area contributed by atoms with Gasteiger partial charge in [0.1, 0.15) is 0 Å². The number of hydrogen-bond donors (Lipinski definition) is 2. The van der Waals surface area contributed by atoms with Gasteiger partial charge in [-0.15, -0.1) is 11.3 Å². The molecule has 0 radical (unpaired) electrons. The highest BCUT2D eigenvalue weighted by Crippen LogP contribution is 2.39. The Morgan fingerprint density at radius 1 is 1.08 bits per heavy atom. The van der Waals surface area contributed by atoms with Gasteiger partial charge < -0.3 is 15.0 Å². The van der Waals surface area contributed by atoms with Crippen molar-refractivity contribution < 1.29 is 4.74 Å². The number of benzene rings is 2. The monoisotopic (exact) mass is 349 g/mol. The molecule has 0 unspecified atom stereocenters. The molecule has 0 fully saturated rings. The van der Waals surface area contributed by atoms with Gasteiger partial charge in [0.15, 0.2) is 5.13 Å². The predicted octanol–water partition coefficient (Wildman–Crippen LogP) is 5.02. The van der Waals surface area contributed by atoms with Crippen molar-refractivity contribution in [2.75, 3.05) is 25.6 Å². The van der Waals surface area contributed by atoms with Crippen molar-refractivity contribution in [2.24, 2.45) is 0 Å². The number of thiazole rings is 1. The summed E-state index contributed by atoms with van der Waals surface area (Å²) in [5.41, 5.74) is 5.53. The van der Waals surface area contributed by atoms with Crippen molar-refractivity contribution in [3.05, 3.63) is 60.0 Å². The molecule has 0 atom stereocenters. The van der Waals surface area contributed by atoms with Crippen molar-refractivity contribution in [1.82, 2.24) is 9.97 Å². The molecule has 4 aromatic rings. The van der Waals surface area contributed by atoms with Crippen LogP contribution in [0.5, 0.6) is 0 Å². The molecule has 126 valence electrons. The van der Waals surface area contributed by atoms with E-state index >= 15 is 0 Å². The first-order valence-corrected chi connectivity index (χ1v) is 9.09. The van der Waals surface area contributed by atoms with Gasteiger partial charge in [0.05, 0.1) is 18.0 Å². The third-order valence-corrected chi connectivity index (χ3v) is 4.91. The van der Waals surface area contributed by atoms with Gasteiger partial charge in [-0.3, -0.25) is 0 Å². The first-order valence-electron chi connectivity index (χ1n) is 8.21. The average molecular weight is 349 g/mol. The Labute approximate surface area is 150 Å². The van der Waals surface area contributed by atoms with E-state index in [4.69, 9.17) is 9.72 Å². The molecule has 4 nitrogen and oxygen atoms in total. The van der Waals surface area contributed by atoms with Crippen LogP contribution in [0.3, 0.4) is 0 Å². The van der Waals surface area contributed by atoms with E-state index in [9.17, 15) is 0 Å². The highest BCUT2D eigenvalue weighted by atomic mass is 32.1. The van der Waals surface area contributed by atoms with Crippen LogP contribution in [-0.4, -0.2) is 30.2 Å². The summed E-state index contributed by atoms with van der Waals surface area (Å²) in [4.78, 5) is 8.36. The number of para-hydroxylation sites is 1. The molecular weight excluding hydrogens is 330 g/mol. The van der Waals surface area contributed by atoms with E-state index in [2.05, 4.69) is 64.2 Å². The number of nitrogens with one attached hydrogen (secondary N) is 2. The first kappa shape index (κ1) is 15.9. The standard InChI is InChI=1S/C20H19N3OS/c1-24-12-11-21-20-23-17(13-25-20)18-15-9-5-6-10-16(15)22-19(18)14-7-3-2-4-8-14/h2-10,13,22H,11-12H2,1H3,(H,21,23). The van der Waals surface area contributed by atoms with E-state index in [1.165, 1.54) is 5.39 Å². The van der Waals surface area contributed by atoms with Gasteiger partial charge in [0.25, 0.3) is 0 Å². The van der Waals surface area contributed by atoms with Gasteiger partial charge in [-0.25, -0.2) is 4.98 Å². The summed E-state index contributed by atoms with van der Waals surface area (Å²) < 4.78 is 5.09. The minimum absolute atomic E-state index is 0.664. The van der Waals surface area contributed by atoms with Crippen molar-refractivity contribution in [3.8, 4) is 22.5 Å². The van der Waals surface area contributed by atoms with E-state index in [0.717, 1.165) is 39.7 Å². The fraction of sp³-hybridized carbons (Fsp3) is 0.150. The number of anilines is 1. The topological polar surface area (TPSA) is 49.9 Å². The summed E-state index contributed by atoms with van der Waals surface area (Å²) in [6.45, 7) is 1.42. The Kier molecular flexibility index (Phi) is 4.50. The molecule has 25 heavy (non-hydrogen) atoms. The van der Waals surface area contributed by atoms with E-state index < -0.39 is 0 Å². The third-order valence-electron chi connectivity index (χ3n) is 4.11. The second kappa shape index (κ2) is 7.09. The third kappa shape index (κ3) is 3.16. The largest absolute Gasteiger partial charge is 0.383 e. The fourth-order valence-electron chi connectivity index (χ4n) is 2.96. The van der Waals surface area contributed by atoms with Crippen molar-refractivity contribution in [3.63, 3.8) is 0 Å². The van der Waals surface area contributed by atoms with Crippen LogP contribution in [0.1, 0.15) is 0 Å². The van der Waals surface area contributed by atoms with Crippen LogP contribution < -0.4 is 5.32 Å². The van der Waals surface area contributed by atoms with Crippen LogP contribution in [0.2, 0.25) is 0 Å². The lowest BCUT2D eigenvalue weighted by Gasteiger charge is -2.03. The Hall–Kier alpha value is -2.63. The fourth-order valence-corrected chi connectivity index (χ4v) is 3.69. The van der Waals surface area contributed by atoms with Crippen LogP contribution in [0, 0.1) is 0 Å². The predicted molar refractivity (Wildman–Crippen MR) is 105 cm³/mol. The van der Waals surface area contributed by atoms with Gasteiger partial charge in [-0.05, 0) is 11.6 Å². The number of fused-ring (bicyclic) bond motifs is 1. The molecule has 0 bridgehead atoms. The first-order chi connectivity index (χ1) is 12.4. The zero-order valence-electron chi connectivity index (χ0n) is 14.0. The van der Waals surface area contributed by atoms with Crippen LogP contribution in [0.15, 0.2) is 60.0 Å². The maximum atomic E-state index is 5.09. The second-order valence-corrected chi connectivity index (χ2v) is 6.60. The summed E-state index contributed by atoms with van der Waals surface area (Å²) >= 11 is 1.62.